The van der Waals surface area contributed by atoms with Crippen LogP contribution in [0.15, 0.2) is 28.0 Å². The first-order valence-corrected chi connectivity index (χ1v) is 9.17. The van der Waals surface area contributed by atoms with Crippen LogP contribution in [-0.2, 0) is 11.2 Å². The van der Waals surface area contributed by atoms with E-state index in [-0.39, 0.29) is 0 Å². The van der Waals surface area contributed by atoms with E-state index in [1.807, 2.05) is 7.11 Å². The molecule has 1 nitrogen and oxygen atoms in total. The van der Waals surface area contributed by atoms with Crippen molar-refractivity contribution in [1.82, 2.24) is 0 Å². The highest BCUT2D eigenvalue weighted by Crippen LogP contribution is 2.58. The van der Waals surface area contributed by atoms with Crippen LogP contribution < -0.4 is 0 Å². The SMILES string of the molecule is BC(B)=C1c2cc(Br)ccc2C[C@@]12C[C@@H](C)[C@H](OC)[C@@H](C)C2. The third-order valence-electron chi connectivity index (χ3n) is 5.72. The summed E-state index contributed by atoms with van der Waals surface area (Å²) in [6.07, 6.45) is 4.08. The number of rotatable bonds is 1. The van der Waals surface area contributed by atoms with E-state index in [1.165, 1.54) is 40.2 Å². The van der Waals surface area contributed by atoms with Crippen LogP contribution in [0.25, 0.3) is 5.57 Å². The molecule has 0 N–H and O–H groups in total. The summed E-state index contributed by atoms with van der Waals surface area (Å²) in [6, 6.07) is 6.83. The Labute approximate surface area is 144 Å². The molecule has 1 aromatic rings. The summed E-state index contributed by atoms with van der Waals surface area (Å²) < 4.78 is 6.98. The van der Waals surface area contributed by atoms with Crippen LogP contribution >= 0.6 is 15.9 Å². The average molecular weight is 359 g/mol. The van der Waals surface area contributed by atoms with Crippen molar-refractivity contribution in [2.24, 2.45) is 17.3 Å². The molecule has 3 rings (SSSR count). The number of benzene rings is 1. The summed E-state index contributed by atoms with van der Waals surface area (Å²) in [5.74, 6) is 1.22. The van der Waals surface area contributed by atoms with E-state index >= 15 is 0 Å². The van der Waals surface area contributed by atoms with E-state index < -0.39 is 0 Å². The van der Waals surface area contributed by atoms with Crippen molar-refractivity contribution >= 4 is 37.2 Å². The summed E-state index contributed by atoms with van der Waals surface area (Å²) in [4.78, 5) is 0. The summed E-state index contributed by atoms with van der Waals surface area (Å²) in [5, 5.41) is 1.48. The third kappa shape index (κ3) is 2.53. The average Bonchev–Trinajstić information content (AvgIpc) is 2.70. The second-order valence-corrected chi connectivity index (χ2v) is 8.61. The van der Waals surface area contributed by atoms with Crippen LogP contribution in [0.5, 0.6) is 0 Å². The molecule has 1 aromatic carbocycles. The van der Waals surface area contributed by atoms with E-state index in [9.17, 15) is 0 Å². The number of fused-ring (bicyclic) bond motifs is 1. The van der Waals surface area contributed by atoms with E-state index in [1.54, 1.807) is 5.57 Å². The first-order valence-electron chi connectivity index (χ1n) is 8.37. The Hall–Kier alpha value is -0.470. The van der Waals surface area contributed by atoms with Gasteiger partial charge in [-0.25, -0.2) is 0 Å². The number of methoxy groups -OCH3 is 1. The van der Waals surface area contributed by atoms with Crippen molar-refractivity contribution in [2.75, 3.05) is 7.11 Å². The lowest BCUT2D eigenvalue weighted by atomic mass is 9.58. The molecule has 0 aromatic heterocycles. The highest BCUT2D eigenvalue weighted by Gasteiger charge is 2.49. The lowest BCUT2D eigenvalue weighted by Gasteiger charge is -2.46. The smallest absolute Gasteiger partial charge is 0.122 e. The second-order valence-electron chi connectivity index (χ2n) is 7.70. The molecule has 0 bridgehead atoms. The summed E-state index contributed by atoms with van der Waals surface area (Å²) in [5.41, 5.74) is 4.92. The van der Waals surface area contributed by atoms with E-state index in [0.717, 1.165) is 0 Å². The zero-order valence-corrected chi connectivity index (χ0v) is 16.0. The number of hydrogen-bond acceptors (Lipinski definition) is 1. The van der Waals surface area contributed by atoms with Gasteiger partial charge in [-0.15, -0.1) is 5.37 Å². The minimum Gasteiger partial charge on any atom is -0.381 e. The largest absolute Gasteiger partial charge is 0.381 e. The predicted octanol–water partition coefficient (Wildman–Crippen LogP) is 3.01. The molecule has 4 heteroatoms. The minimum atomic E-state index is 0.315. The van der Waals surface area contributed by atoms with Crippen molar-refractivity contribution in [2.45, 2.75) is 39.2 Å². The van der Waals surface area contributed by atoms with Crippen molar-refractivity contribution in [3.05, 3.63) is 39.2 Å². The lowest BCUT2D eigenvalue weighted by Crippen LogP contribution is -2.42. The fraction of sp³-hybridized carbons (Fsp3) is 0.556. The molecule has 0 amide bonds. The Bertz CT molecular complexity index is 610. The van der Waals surface area contributed by atoms with Gasteiger partial charge in [0.1, 0.15) is 15.7 Å². The number of allylic oxidation sites excluding steroid dienone is 1. The van der Waals surface area contributed by atoms with E-state index in [2.05, 4.69) is 63.7 Å². The van der Waals surface area contributed by atoms with E-state index in [0.29, 0.717) is 23.4 Å². The maximum Gasteiger partial charge on any atom is 0.122 e. The van der Waals surface area contributed by atoms with Gasteiger partial charge in [0.15, 0.2) is 0 Å². The highest BCUT2D eigenvalue weighted by molar-refractivity contribution is 9.10. The second kappa shape index (κ2) is 5.87. The topological polar surface area (TPSA) is 9.23 Å². The monoisotopic (exact) mass is 358 g/mol. The third-order valence-corrected chi connectivity index (χ3v) is 6.21. The maximum absolute atomic E-state index is 5.79. The first kappa shape index (κ1) is 16.4. The van der Waals surface area contributed by atoms with Crippen molar-refractivity contribution in [1.29, 1.82) is 0 Å². The van der Waals surface area contributed by atoms with Gasteiger partial charge in [-0.2, -0.15) is 0 Å². The van der Waals surface area contributed by atoms with Crippen LogP contribution in [0, 0.1) is 17.3 Å². The number of halogens is 1. The zero-order valence-electron chi connectivity index (χ0n) is 14.4. The van der Waals surface area contributed by atoms with Gasteiger partial charge in [-0.05, 0) is 59.8 Å². The van der Waals surface area contributed by atoms with Gasteiger partial charge in [-0.1, -0.05) is 41.4 Å². The van der Waals surface area contributed by atoms with Crippen LogP contribution in [0.4, 0.5) is 0 Å². The molecule has 22 heavy (non-hydrogen) atoms. The highest BCUT2D eigenvalue weighted by atomic mass is 79.9. The van der Waals surface area contributed by atoms with E-state index in [4.69, 9.17) is 4.74 Å². The molecule has 2 aliphatic rings. The fourth-order valence-corrected chi connectivity index (χ4v) is 5.76. The molecular weight excluding hydrogens is 334 g/mol. The van der Waals surface area contributed by atoms with Gasteiger partial charge < -0.3 is 4.74 Å². The number of ether oxygens (including phenoxy) is 1. The van der Waals surface area contributed by atoms with Gasteiger partial charge in [-0.3, -0.25) is 0 Å². The fourth-order valence-electron chi connectivity index (χ4n) is 5.40. The van der Waals surface area contributed by atoms with Crippen LogP contribution in [-0.4, -0.2) is 28.9 Å². The molecule has 116 valence electrons. The van der Waals surface area contributed by atoms with Gasteiger partial charge >= 0.3 is 0 Å². The summed E-state index contributed by atoms with van der Waals surface area (Å²) in [6.45, 7) is 4.74. The lowest BCUT2D eigenvalue weighted by molar-refractivity contribution is -0.0364. The Kier molecular flexibility index (Phi) is 4.37. The molecule has 0 heterocycles. The zero-order chi connectivity index (χ0) is 16.1. The molecule has 1 fully saturated rings. The first-order chi connectivity index (χ1) is 10.4. The van der Waals surface area contributed by atoms with Crippen LogP contribution in [0.2, 0.25) is 0 Å². The maximum atomic E-state index is 5.79. The molecule has 0 saturated heterocycles. The van der Waals surface area contributed by atoms with Gasteiger partial charge in [0, 0.05) is 11.6 Å². The Morgan fingerprint density at radius 1 is 1.23 bits per heavy atom. The standard InChI is InChI=1S/C18H25B2BrO/c1-10-7-18(8-11(2)16(10)22-3)9-12-4-5-13(21)6-14(12)15(18)17(19)20/h4-6,10-11,16H,7-9,19-20H2,1-3H3/t10-,11+,16+,18+. The Balaban J connectivity index is 2.07. The molecular formula is C18H25B2BrO. The van der Waals surface area contributed by atoms with Gasteiger partial charge in [0.2, 0.25) is 0 Å². The number of hydrogen-bond donors (Lipinski definition) is 0. The Morgan fingerprint density at radius 3 is 2.41 bits per heavy atom. The van der Waals surface area contributed by atoms with Crippen LogP contribution in [0.1, 0.15) is 37.8 Å². The minimum absolute atomic E-state index is 0.315. The molecule has 4 atom stereocenters. The summed E-state index contributed by atoms with van der Waals surface area (Å²) >= 11 is 3.66. The van der Waals surface area contributed by atoms with Crippen molar-refractivity contribution in [3.8, 4) is 0 Å². The van der Waals surface area contributed by atoms with Crippen molar-refractivity contribution < 1.29 is 4.74 Å². The summed E-state index contributed by atoms with van der Waals surface area (Å²) in [7, 11) is 6.44. The van der Waals surface area contributed by atoms with Crippen LogP contribution in [0.3, 0.4) is 0 Å². The molecule has 0 radical (unpaired) electrons. The predicted molar refractivity (Wildman–Crippen MR) is 103 cm³/mol. The molecule has 0 unspecified atom stereocenters. The molecule has 1 spiro atoms. The normalized spacial score (nSPS) is 34.0. The van der Waals surface area contributed by atoms with Crippen molar-refractivity contribution in [3.63, 3.8) is 0 Å². The molecule has 2 aliphatic carbocycles. The van der Waals surface area contributed by atoms with Gasteiger partial charge in [0.05, 0.1) is 6.10 Å². The molecule has 0 aliphatic heterocycles. The molecule has 1 saturated carbocycles. The quantitative estimate of drug-likeness (QED) is 0.701. The van der Waals surface area contributed by atoms with Gasteiger partial charge in [0.25, 0.3) is 0 Å². The Morgan fingerprint density at radius 2 is 1.86 bits per heavy atom.